The molecule has 7 nitrogen and oxygen atoms in total. The first-order valence-corrected chi connectivity index (χ1v) is 17.1. The van der Waals surface area contributed by atoms with Crippen LogP contribution in [0.4, 0.5) is 0 Å². The van der Waals surface area contributed by atoms with Crippen LogP contribution in [0.1, 0.15) is 102 Å². The highest BCUT2D eigenvalue weighted by atomic mass is 16.5. The number of unbranched alkanes of at least 4 members (excludes halogenated alkanes) is 10. The smallest absolute Gasteiger partial charge is 0.167 e. The van der Waals surface area contributed by atoms with Gasteiger partial charge in [-0.3, -0.25) is 0 Å². The molecule has 0 amide bonds. The molecule has 1 aromatic heterocycles. The Bertz CT molecular complexity index is 1430. The summed E-state index contributed by atoms with van der Waals surface area (Å²) in [5.74, 6) is 2.32. The van der Waals surface area contributed by atoms with E-state index in [0.29, 0.717) is 53.3 Å². The van der Waals surface area contributed by atoms with Crippen molar-refractivity contribution in [1.29, 1.82) is 0 Å². The molecule has 0 unspecified atom stereocenters. The molecule has 0 aliphatic heterocycles. The maximum absolute atomic E-state index is 11.1. The maximum atomic E-state index is 11.1. The fraction of sp³-hybridized carbons (Fsp3) is 0.462. The number of phenolic OH excluding ortho intramolecular Hbond substituents is 2. The van der Waals surface area contributed by atoms with Gasteiger partial charge in [-0.05, 0) is 63.1 Å². The van der Waals surface area contributed by atoms with E-state index >= 15 is 0 Å². The Morgan fingerprint density at radius 3 is 1.35 bits per heavy atom. The Labute approximate surface area is 275 Å². The zero-order chi connectivity index (χ0) is 32.7. The van der Waals surface area contributed by atoms with Gasteiger partial charge in [0.1, 0.15) is 23.0 Å². The van der Waals surface area contributed by atoms with Crippen molar-refractivity contribution in [3.05, 3.63) is 65.7 Å². The molecule has 0 aliphatic rings. The molecule has 1 heterocycles. The molecule has 7 heteroatoms. The molecule has 4 rings (SSSR count). The molecule has 3 aromatic carbocycles. The molecular formula is C39H51N3O4. The normalized spacial score (nSPS) is 11.1. The topological polar surface area (TPSA) is 97.6 Å². The van der Waals surface area contributed by atoms with Gasteiger partial charge in [0.2, 0.25) is 0 Å². The molecule has 246 valence electrons. The van der Waals surface area contributed by atoms with Gasteiger partial charge in [0, 0.05) is 17.7 Å². The van der Waals surface area contributed by atoms with Crippen LogP contribution in [0.15, 0.2) is 54.6 Å². The molecule has 0 spiro atoms. The predicted molar refractivity (Wildman–Crippen MR) is 187 cm³/mol. The number of aromatic nitrogens is 3. The van der Waals surface area contributed by atoms with Crippen LogP contribution in [0, 0.1) is 13.8 Å². The fourth-order valence-electron chi connectivity index (χ4n) is 5.58. The average molecular weight is 626 g/mol. The minimum atomic E-state index is 0.0200. The quantitative estimate of drug-likeness (QED) is 0.100. The van der Waals surface area contributed by atoms with Crippen LogP contribution in [0.25, 0.3) is 34.2 Å². The minimum absolute atomic E-state index is 0.0200. The molecule has 0 saturated carbocycles. The number of hydrogen-bond acceptors (Lipinski definition) is 7. The highest BCUT2D eigenvalue weighted by molar-refractivity contribution is 5.73. The Balaban J connectivity index is 1.56. The van der Waals surface area contributed by atoms with Crippen LogP contribution in [0.2, 0.25) is 0 Å². The maximum Gasteiger partial charge on any atom is 0.167 e. The van der Waals surface area contributed by atoms with Gasteiger partial charge in [0.25, 0.3) is 0 Å². The van der Waals surface area contributed by atoms with Crippen molar-refractivity contribution in [3.63, 3.8) is 0 Å². The van der Waals surface area contributed by atoms with Crippen LogP contribution in [-0.2, 0) is 0 Å². The summed E-state index contributed by atoms with van der Waals surface area (Å²) in [4.78, 5) is 14.3. The molecule has 0 radical (unpaired) electrons. The molecule has 0 atom stereocenters. The molecular weight excluding hydrogens is 574 g/mol. The number of aromatic hydroxyl groups is 2. The number of aryl methyl sites for hydroxylation is 2. The van der Waals surface area contributed by atoms with Crippen molar-refractivity contribution >= 4 is 0 Å². The van der Waals surface area contributed by atoms with E-state index < -0.39 is 0 Å². The van der Waals surface area contributed by atoms with Crippen LogP contribution >= 0.6 is 0 Å². The number of phenols is 2. The summed E-state index contributed by atoms with van der Waals surface area (Å²) < 4.78 is 11.8. The van der Waals surface area contributed by atoms with Gasteiger partial charge in [0.15, 0.2) is 17.5 Å². The van der Waals surface area contributed by atoms with E-state index in [1.165, 1.54) is 51.4 Å². The van der Waals surface area contributed by atoms with Crippen molar-refractivity contribution in [3.8, 4) is 57.2 Å². The SMILES string of the molecule is CCCCCCCCOc1ccc(-c2nc(-c3cc(C)cc(C)c3)nc(-c3ccc(OCCCCCCCC)cc3O)n2)c(O)c1. The zero-order valence-electron chi connectivity index (χ0n) is 28.1. The lowest BCUT2D eigenvalue weighted by Gasteiger charge is -2.13. The molecule has 46 heavy (non-hydrogen) atoms. The van der Waals surface area contributed by atoms with E-state index in [-0.39, 0.29) is 11.5 Å². The highest BCUT2D eigenvalue weighted by Gasteiger charge is 2.18. The molecule has 0 bridgehead atoms. The standard InChI is InChI=1S/C39H51N3O4/c1-5-7-9-11-13-15-21-45-31-17-19-33(35(43)26-31)38-40-37(30-24-28(3)23-29(4)25-30)41-39(42-38)34-20-18-32(27-36(34)44)46-22-16-14-12-10-8-6-2/h17-20,23-27,43-44H,5-16,21-22H2,1-4H3. The Hall–Kier alpha value is -4.13. The molecule has 0 aliphatic carbocycles. The first-order chi connectivity index (χ1) is 22.4. The number of ether oxygens (including phenoxy) is 2. The molecule has 0 fully saturated rings. The van der Waals surface area contributed by atoms with Gasteiger partial charge >= 0.3 is 0 Å². The van der Waals surface area contributed by atoms with Gasteiger partial charge in [-0.1, -0.05) is 95.2 Å². The number of nitrogens with zero attached hydrogens (tertiary/aromatic N) is 3. The molecule has 2 N–H and O–H groups in total. The lowest BCUT2D eigenvalue weighted by atomic mass is 10.1. The first-order valence-electron chi connectivity index (χ1n) is 17.1. The predicted octanol–water partition coefficient (Wildman–Crippen LogP) is 10.4. The second kappa shape index (κ2) is 18.1. The van der Waals surface area contributed by atoms with Crippen molar-refractivity contribution < 1.29 is 19.7 Å². The minimum Gasteiger partial charge on any atom is -0.507 e. The summed E-state index contributed by atoms with van der Waals surface area (Å²) in [5.41, 5.74) is 3.92. The van der Waals surface area contributed by atoms with E-state index in [4.69, 9.17) is 24.4 Å². The third kappa shape index (κ3) is 10.5. The Morgan fingerprint density at radius 2 is 0.913 bits per heavy atom. The van der Waals surface area contributed by atoms with E-state index in [1.807, 2.05) is 38.1 Å². The molecule has 0 saturated heterocycles. The van der Waals surface area contributed by atoms with Crippen LogP contribution in [0.3, 0.4) is 0 Å². The van der Waals surface area contributed by atoms with Gasteiger partial charge in [0.05, 0.1) is 24.3 Å². The number of hydrogen-bond donors (Lipinski definition) is 2. The summed E-state index contributed by atoms with van der Waals surface area (Å²) in [6.07, 6.45) is 14.2. The van der Waals surface area contributed by atoms with Crippen LogP contribution in [0.5, 0.6) is 23.0 Å². The third-order valence-corrected chi connectivity index (χ3v) is 8.07. The average Bonchev–Trinajstić information content (AvgIpc) is 3.03. The number of benzene rings is 3. The van der Waals surface area contributed by atoms with Crippen molar-refractivity contribution in [2.24, 2.45) is 0 Å². The van der Waals surface area contributed by atoms with Crippen molar-refractivity contribution in [1.82, 2.24) is 15.0 Å². The Kier molecular flexibility index (Phi) is 13.7. The first kappa shape index (κ1) is 34.7. The van der Waals surface area contributed by atoms with Crippen molar-refractivity contribution in [2.45, 2.75) is 105 Å². The summed E-state index contributed by atoms with van der Waals surface area (Å²) in [6.45, 7) is 9.72. The van der Waals surface area contributed by atoms with E-state index in [0.717, 1.165) is 42.4 Å². The third-order valence-electron chi connectivity index (χ3n) is 8.07. The second-order valence-electron chi connectivity index (χ2n) is 12.3. The largest absolute Gasteiger partial charge is 0.507 e. The van der Waals surface area contributed by atoms with E-state index in [1.54, 1.807) is 24.3 Å². The van der Waals surface area contributed by atoms with Gasteiger partial charge in [-0.2, -0.15) is 0 Å². The summed E-state index contributed by atoms with van der Waals surface area (Å²) in [5, 5.41) is 22.1. The van der Waals surface area contributed by atoms with Gasteiger partial charge in [-0.25, -0.2) is 15.0 Å². The fourth-order valence-corrected chi connectivity index (χ4v) is 5.58. The summed E-state index contributed by atoms with van der Waals surface area (Å²) in [6, 6.07) is 16.6. The van der Waals surface area contributed by atoms with Gasteiger partial charge in [-0.15, -0.1) is 0 Å². The Morgan fingerprint density at radius 1 is 0.500 bits per heavy atom. The molecule has 4 aromatic rings. The van der Waals surface area contributed by atoms with Crippen LogP contribution < -0.4 is 9.47 Å². The van der Waals surface area contributed by atoms with E-state index in [9.17, 15) is 10.2 Å². The monoisotopic (exact) mass is 625 g/mol. The zero-order valence-corrected chi connectivity index (χ0v) is 28.1. The summed E-state index contributed by atoms with van der Waals surface area (Å²) >= 11 is 0. The van der Waals surface area contributed by atoms with Crippen molar-refractivity contribution in [2.75, 3.05) is 13.2 Å². The van der Waals surface area contributed by atoms with E-state index in [2.05, 4.69) is 19.9 Å². The van der Waals surface area contributed by atoms with Crippen LogP contribution in [-0.4, -0.2) is 38.4 Å². The van der Waals surface area contributed by atoms with Gasteiger partial charge < -0.3 is 19.7 Å². The number of rotatable bonds is 19. The second-order valence-corrected chi connectivity index (χ2v) is 12.3. The lowest BCUT2D eigenvalue weighted by molar-refractivity contribution is 0.302. The lowest BCUT2D eigenvalue weighted by Crippen LogP contribution is -2.02. The highest BCUT2D eigenvalue weighted by Crippen LogP contribution is 2.36. The summed E-state index contributed by atoms with van der Waals surface area (Å²) in [7, 11) is 0.